The van der Waals surface area contributed by atoms with Crippen molar-refractivity contribution >= 4 is 17.5 Å². The van der Waals surface area contributed by atoms with Crippen molar-refractivity contribution in [3.8, 4) is 0 Å². The summed E-state index contributed by atoms with van der Waals surface area (Å²) in [4.78, 5) is 36.9. The molecule has 0 aromatic carbocycles. The smallest absolute Gasteiger partial charge is 0.319 e. The third-order valence-electron chi connectivity index (χ3n) is 5.05. The average Bonchev–Trinajstić information content (AvgIpc) is 2.70. The number of hydrogen-bond donors (Lipinski definition) is 0. The third-order valence-corrected chi connectivity index (χ3v) is 5.05. The monoisotopic (exact) mass is 264 g/mol. The number of Topliss-reactive ketones (excluding diaryl/α,β-unsaturated/α-hetero) is 2. The topological polar surface area (TPSA) is 60.4 Å². The van der Waals surface area contributed by atoms with Gasteiger partial charge >= 0.3 is 5.97 Å². The Morgan fingerprint density at radius 2 is 2.11 bits per heavy atom. The van der Waals surface area contributed by atoms with Gasteiger partial charge in [-0.3, -0.25) is 14.4 Å². The van der Waals surface area contributed by atoms with E-state index in [4.69, 9.17) is 4.74 Å². The molecule has 0 saturated heterocycles. The Morgan fingerprint density at radius 3 is 2.68 bits per heavy atom. The number of carbonyl (C=O) groups excluding carboxylic acids is 3. The first-order chi connectivity index (χ1) is 8.93. The van der Waals surface area contributed by atoms with Crippen LogP contribution in [-0.4, -0.2) is 24.6 Å². The van der Waals surface area contributed by atoms with E-state index in [0.717, 1.165) is 0 Å². The van der Waals surface area contributed by atoms with E-state index in [-0.39, 0.29) is 30.3 Å². The zero-order valence-corrected chi connectivity index (χ0v) is 11.5. The lowest BCUT2D eigenvalue weighted by Gasteiger charge is -2.46. The molecule has 0 aromatic rings. The van der Waals surface area contributed by atoms with E-state index in [9.17, 15) is 14.4 Å². The Labute approximate surface area is 113 Å². The second kappa shape index (κ2) is 4.58. The molecule has 0 aromatic heterocycles. The standard InChI is InChI=1S/C15H20O4/c1-4-8-15(13(18)19-3)10-5-6-11(16)14(10,2)9-7-12(15)17/h4,10H,1,5-9H2,2-3H3/t10-,14+,15-/m1/s1. The molecule has 0 spiro atoms. The van der Waals surface area contributed by atoms with Crippen LogP contribution in [0.1, 0.15) is 39.0 Å². The van der Waals surface area contributed by atoms with Gasteiger partial charge in [-0.15, -0.1) is 6.58 Å². The third kappa shape index (κ3) is 1.69. The van der Waals surface area contributed by atoms with Gasteiger partial charge in [0.2, 0.25) is 0 Å². The first kappa shape index (κ1) is 14.0. The van der Waals surface area contributed by atoms with Crippen molar-refractivity contribution in [2.75, 3.05) is 7.11 Å². The van der Waals surface area contributed by atoms with Crippen molar-refractivity contribution in [1.29, 1.82) is 0 Å². The number of ether oxygens (including phenoxy) is 1. The highest BCUT2D eigenvalue weighted by molar-refractivity contribution is 6.07. The van der Waals surface area contributed by atoms with E-state index >= 15 is 0 Å². The molecule has 0 N–H and O–H groups in total. The average molecular weight is 264 g/mol. The van der Waals surface area contributed by atoms with Crippen molar-refractivity contribution in [1.82, 2.24) is 0 Å². The van der Waals surface area contributed by atoms with Crippen LogP contribution >= 0.6 is 0 Å². The molecule has 2 fully saturated rings. The van der Waals surface area contributed by atoms with Crippen LogP contribution in [0, 0.1) is 16.7 Å². The van der Waals surface area contributed by atoms with Crippen LogP contribution in [0.2, 0.25) is 0 Å². The van der Waals surface area contributed by atoms with Crippen LogP contribution in [-0.2, 0) is 19.1 Å². The maximum Gasteiger partial charge on any atom is 0.319 e. The Hall–Kier alpha value is -1.45. The fraction of sp³-hybridized carbons (Fsp3) is 0.667. The van der Waals surface area contributed by atoms with E-state index in [1.54, 1.807) is 6.08 Å². The second-order valence-corrected chi connectivity index (χ2v) is 5.81. The minimum absolute atomic E-state index is 0.101. The molecular formula is C15H20O4. The van der Waals surface area contributed by atoms with Gasteiger partial charge in [0.1, 0.15) is 11.2 Å². The summed E-state index contributed by atoms with van der Waals surface area (Å²) in [5.41, 5.74) is -1.76. The fourth-order valence-electron chi connectivity index (χ4n) is 3.97. The quantitative estimate of drug-likeness (QED) is 0.445. The van der Waals surface area contributed by atoms with E-state index in [0.29, 0.717) is 19.3 Å². The summed E-state index contributed by atoms with van der Waals surface area (Å²) in [7, 11) is 1.29. The van der Waals surface area contributed by atoms with Gasteiger partial charge in [0, 0.05) is 18.3 Å². The zero-order chi connectivity index (χ0) is 14.3. The molecule has 0 radical (unpaired) electrons. The second-order valence-electron chi connectivity index (χ2n) is 5.81. The first-order valence-electron chi connectivity index (χ1n) is 6.69. The van der Waals surface area contributed by atoms with Crippen molar-refractivity contribution in [2.45, 2.75) is 39.0 Å². The van der Waals surface area contributed by atoms with Crippen LogP contribution < -0.4 is 0 Å². The Balaban J connectivity index is 2.55. The van der Waals surface area contributed by atoms with Gasteiger partial charge in [0.15, 0.2) is 5.78 Å². The largest absolute Gasteiger partial charge is 0.468 e. The lowest BCUT2D eigenvalue weighted by molar-refractivity contribution is -0.169. The van der Waals surface area contributed by atoms with Crippen molar-refractivity contribution in [2.24, 2.45) is 16.7 Å². The van der Waals surface area contributed by atoms with Gasteiger partial charge in [-0.1, -0.05) is 13.0 Å². The lowest BCUT2D eigenvalue weighted by atomic mass is 9.54. The molecule has 19 heavy (non-hydrogen) atoms. The summed E-state index contributed by atoms with van der Waals surface area (Å²) in [6.07, 6.45) is 3.69. The molecule has 4 nitrogen and oxygen atoms in total. The molecular weight excluding hydrogens is 244 g/mol. The van der Waals surface area contributed by atoms with Crippen LogP contribution in [0.15, 0.2) is 12.7 Å². The molecule has 3 atom stereocenters. The number of rotatable bonds is 3. The van der Waals surface area contributed by atoms with E-state index in [1.165, 1.54) is 7.11 Å². The SMILES string of the molecule is C=CC[C@]1(C(=O)OC)C(=O)CC[C@]2(C)C(=O)CC[C@@H]12. The first-order valence-corrected chi connectivity index (χ1v) is 6.69. The predicted octanol–water partition coefficient (Wildman–Crippen LogP) is 2.07. The Kier molecular flexibility index (Phi) is 3.37. The van der Waals surface area contributed by atoms with Gasteiger partial charge in [0.25, 0.3) is 0 Å². The number of methoxy groups -OCH3 is 1. The number of esters is 1. The molecule has 0 bridgehead atoms. The van der Waals surface area contributed by atoms with Crippen molar-refractivity contribution in [3.05, 3.63) is 12.7 Å². The normalized spacial score (nSPS) is 37.9. The molecule has 0 heterocycles. The maximum absolute atomic E-state index is 12.4. The lowest BCUT2D eigenvalue weighted by Crippen LogP contribution is -2.54. The Bertz CT molecular complexity index is 443. The minimum Gasteiger partial charge on any atom is -0.468 e. The summed E-state index contributed by atoms with van der Waals surface area (Å²) >= 11 is 0. The fourth-order valence-corrected chi connectivity index (χ4v) is 3.97. The number of carbonyl (C=O) groups is 3. The number of fused-ring (bicyclic) bond motifs is 1. The van der Waals surface area contributed by atoms with Crippen molar-refractivity contribution in [3.63, 3.8) is 0 Å². The number of hydrogen-bond acceptors (Lipinski definition) is 4. The van der Waals surface area contributed by atoms with Crippen molar-refractivity contribution < 1.29 is 19.1 Å². The maximum atomic E-state index is 12.4. The molecule has 104 valence electrons. The molecule has 0 aliphatic heterocycles. The minimum atomic E-state index is -1.20. The van der Waals surface area contributed by atoms with Gasteiger partial charge in [0.05, 0.1) is 7.11 Å². The Morgan fingerprint density at radius 1 is 1.42 bits per heavy atom. The summed E-state index contributed by atoms with van der Waals surface area (Å²) in [5, 5.41) is 0. The van der Waals surface area contributed by atoms with Crippen LogP contribution in [0.25, 0.3) is 0 Å². The van der Waals surface area contributed by atoms with Crippen LogP contribution in [0.5, 0.6) is 0 Å². The molecule has 2 rings (SSSR count). The number of allylic oxidation sites excluding steroid dienone is 1. The summed E-state index contributed by atoms with van der Waals surface area (Å²) < 4.78 is 4.89. The van der Waals surface area contributed by atoms with Gasteiger partial charge in [-0.25, -0.2) is 0 Å². The van der Waals surface area contributed by atoms with E-state index in [1.807, 2.05) is 6.92 Å². The van der Waals surface area contributed by atoms with Gasteiger partial charge < -0.3 is 4.74 Å². The van der Waals surface area contributed by atoms with E-state index < -0.39 is 16.8 Å². The molecule has 2 aliphatic carbocycles. The number of ketones is 2. The predicted molar refractivity (Wildman–Crippen MR) is 69.3 cm³/mol. The molecule has 2 aliphatic rings. The van der Waals surface area contributed by atoms with Crippen LogP contribution in [0.3, 0.4) is 0 Å². The van der Waals surface area contributed by atoms with Gasteiger partial charge in [-0.2, -0.15) is 0 Å². The highest BCUT2D eigenvalue weighted by Crippen LogP contribution is 2.58. The van der Waals surface area contributed by atoms with Crippen LogP contribution in [0.4, 0.5) is 0 Å². The van der Waals surface area contributed by atoms with E-state index in [2.05, 4.69) is 6.58 Å². The van der Waals surface area contributed by atoms with Gasteiger partial charge in [-0.05, 0) is 25.2 Å². The summed E-state index contributed by atoms with van der Waals surface area (Å²) in [6, 6.07) is 0. The molecule has 4 heteroatoms. The highest BCUT2D eigenvalue weighted by Gasteiger charge is 2.64. The highest BCUT2D eigenvalue weighted by atomic mass is 16.5. The molecule has 0 amide bonds. The molecule has 2 saturated carbocycles. The zero-order valence-electron chi connectivity index (χ0n) is 11.5. The summed E-state index contributed by atoms with van der Waals surface area (Å²) in [6.45, 7) is 5.55. The molecule has 0 unspecified atom stereocenters. The summed E-state index contributed by atoms with van der Waals surface area (Å²) in [5.74, 6) is -0.694.